The summed E-state index contributed by atoms with van der Waals surface area (Å²) in [5.74, 6) is -0.109. The lowest BCUT2D eigenvalue weighted by molar-refractivity contribution is -0.132. The van der Waals surface area contributed by atoms with Crippen molar-refractivity contribution in [2.75, 3.05) is 18.8 Å². The van der Waals surface area contributed by atoms with Gasteiger partial charge in [-0.2, -0.15) is 0 Å². The number of hydrogen-bond acceptors (Lipinski definition) is 5. The molecule has 2 aromatic rings. The van der Waals surface area contributed by atoms with Crippen LogP contribution in [-0.2, 0) is 9.59 Å². The molecule has 1 unspecified atom stereocenters. The molecule has 22 heavy (non-hydrogen) atoms. The summed E-state index contributed by atoms with van der Waals surface area (Å²) in [4.78, 5) is 29.8. The van der Waals surface area contributed by atoms with Gasteiger partial charge in [0.05, 0.1) is 21.9 Å². The van der Waals surface area contributed by atoms with E-state index in [0.29, 0.717) is 18.8 Å². The number of primary amides is 1. The fraction of sp³-hybridized carbons (Fsp3) is 0.400. The van der Waals surface area contributed by atoms with E-state index >= 15 is 0 Å². The van der Waals surface area contributed by atoms with E-state index in [1.165, 1.54) is 11.8 Å². The third-order valence-electron chi connectivity index (χ3n) is 3.77. The average molecular weight is 335 g/mol. The van der Waals surface area contributed by atoms with Gasteiger partial charge in [0.1, 0.15) is 0 Å². The first-order chi connectivity index (χ1) is 10.6. The normalized spacial score (nSPS) is 18.5. The number of fused-ring (bicyclic) bond motifs is 1. The number of piperidine rings is 1. The fourth-order valence-electron chi connectivity index (χ4n) is 2.56. The van der Waals surface area contributed by atoms with Crippen molar-refractivity contribution in [1.29, 1.82) is 0 Å². The zero-order valence-corrected chi connectivity index (χ0v) is 13.7. The van der Waals surface area contributed by atoms with Gasteiger partial charge in [-0.3, -0.25) is 9.59 Å². The van der Waals surface area contributed by atoms with Crippen molar-refractivity contribution >= 4 is 45.1 Å². The number of para-hydroxylation sites is 1. The minimum absolute atomic E-state index is 0.0511. The number of thiazole rings is 1. The van der Waals surface area contributed by atoms with Gasteiger partial charge in [0.2, 0.25) is 11.8 Å². The van der Waals surface area contributed by atoms with Crippen LogP contribution in [0.1, 0.15) is 12.8 Å². The SMILES string of the molecule is NC(=O)C1CCCN(C(=O)CSc2nc3ccccc3s2)C1. The predicted molar refractivity (Wildman–Crippen MR) is 88.8 cm³/mol. The average Bonchev–Trinajstić information content (AvgIpc) is 2.95. The molecule has 116 valence electrons. The summed E-state index contributed by atoms with van der Waals surface area (Å²) in [5, 5.41) is 0. The summed E-state index contributed by atoms with van der Waals surface area (Å²) in [6.45, 7) is 1.16. The Labute approximate surface area is 136 Å². The maximum absolute atomic E-state index is 12.3. The van der Waals surface area contributed by atoms with Gasteiger partial charge >= 0.3 is 0 Å². The van der Waals surface area contributed by atoms with E-state index in [4.69, 9.17) is 5.73 Å². The van der Waals surface area contributed by atoms with E-state index in [-0.39, 0.29) is 17.7 Å². The third-order valence-corrected chi connectivity index (χ3v) is 5.93. The van der Waals surface area contributed by atoms with E-state index in [0.717, 1.165) is 27.4 Å². The van der Waals surface area contributed by atoms with Crippen molar-refractivity contribution in [2.45, 2.75) is 17.2 Å². The van der Waals surface area contributed by atoms with Crippen LogP contribution in [0.5, 0.6) is 0 Å². The Balaban J connectivity index is 1.58. The van der Waals surface area contributed by atoms with Gasteiger partial charge in [-0.05, 0) is 25.0 Å². The molecule has 1 aromatic heterocycles. The van der Waals surface area contributed by atoms with Crippen LogP contribution in [0.2, 0.25) is 0 Å². The molecular weight excluding hydrogens is 318 g/mol. The maximum atomic E-state index is 12.3. The maximum Gasteiger partial charge on any atom is 0.233 e. The summed E-state index contributed by atoms with van der Waals surface area (Å²) in [7, 11) is 0. The second kappa shape index (κ2) is 6.66. The Hall–Kier alpha value is -1.60. The number of thioether (sulfide) groups is 1. The quantitative estimate of drug-likeness (QED) is 0.868. The van der Waals surface area contributed by atoms with Crippen molar-refractivity contribution in [3.63, 3.8) is 0 Å². The summed E-state index contributed by atoms with van der Waals surface area (Å²) in [6.07, 6.45) is 1.62. The highest BCUT2D eigenvalue weighted by Crippen LogP contribution is 2.29. The first-order valence-corrected chi connectivity index (χ1v) is 8.99. The Kier molecular flexibility index (Phi) is 4.63. The second-order valence-corrected chi connectivity index (χ2v) is 7.57. The van der Waals surface area contributed by atoms with Gasteiger partial charge in [0.25, 0.3) is 0 Å². The van der Waals surface area contributed by atoms with Gasteiger partial charge in [-0.15, -0.1) is 11.3 Å². The highest BCUT2D eigenvalue weighted by Gasteiger charge is 2.26. The van der Waals surface area contributed by atoms with E-state index in [1.807, 2.05) is 24.3 Å². The zero-order valence-electron chi connectivity index (χ0n) is 12.0. The van der Waals surface area contributed by atoms with Gasteiger partial charge in [-0.1, -0.05) is 23.9 Å². The number of carbonyl (C=O) groups is 2. The molecule has 1 aromatic carbocycles. The molecule has 1 atom stereocenters. The number of rotatable bonds is 4. The lowest BCUT2D eigenvalue weighted by Crippen LogP contribution is -2.44. The number of hydrogen-bond donors (Lipinski definition) is 1. The van der Waals surface area contributed by atoms with Gasteiger partial charge < -0.3 is 10.6 Å². The lowest BCUT2D eigenvalue weighted by Gasteiger charge is -2.31. The predicted octanol–water partition coefficient (Wildman–Crippen LogP) is 2.11. The number of benzene rings is 1. The summed E-state index contributed by atoms with van der Waals surface area (Å²) in [6, 6.07) is 7.94. The summed E-state index contributed by atoms with van der Waals surface area (Å²) < 4.78 is 2.03. The largest absolute Gasteiger partial charge is 0.369 e. The zero-order chi connectivity index (χ0) is 15.5. The summed E-state index contributed by atoms with van der Waals surface area (Å²) in [5.41, 5.74) is 6.31. The Morgan fingerprint density at radius 1 is 1.41 bits per heavy atom. The molecule has 1 aliphatic rings. The van der Waals surface area contributed by atoms with Crippen LogP contribution in [-0.4, -0.2) is 40.5 Å². The minimum atomic E-state index is -0.309. The molecule has 3 rings (SSSR count). The Morgan fingerprint density at radius 3 is 3.00 bits per heavy atom. The minimum Gasteiger partial charge on any atom is -0.369 e. The molecule has 0 spiro atoms. The molecule has 1 fully saturated rings. The standard InChI is InChI=1S/C15H17N3O2S2/c16-14(20)10-4-3-7-18(8-10)13(19)9-21-15-17-11-5-1-2-6-12(11)22-15/h1-2,5-6,10H,3-4,7-9H2,(H2,16,20). The van der Waals surface area contributed by atoms with Crippen LogP contribution in [0.25, 0.3) is 10.2 Å². The number of aromatic nitrogens is 1. The molecule has 0 bridgehead atoms. The van der Waals surface area contributed by atoms with Crippen LogP contribution >= 0.6 is 23.1 Å². The van der Waals surface area contributed by atoms with Crippen LogP contribution < -0.4 is 5.73 Å². The highest BCUT2D eigenvalue weighted by atomic mass is 32.2. The lowest BCUT2D eigenvalue weighted by atomic mass is 9.97. The Morgan fingerprint density at radius 2 is 2.23 bits per heavy atom. The Bertz CT molecular complexity index is 668. The van der Waals surface area contributed by atoms with E-state index in [2.05, 4.69) is 4.98 Å². The van der Waals surface area contributed by atoms with E-state index in [9.17, 15) is 9.59 Å². The molecule has 7 heteroatoms. The molecule has 0 saturated carbocycles. The fourth-order valence-corrected chi connectivity index (χ4v) is 4.53. The van der Waals surface area contributed by atoms with Crippen LogP contribution in [0, 0.1) is 5.92 Å². The number of nitrogens with two attached hydrogens (primary N) is 1. The first kappa shape index (κ1) is 15.3. The third kappa shape index (κ3) is 3.41. The van der Waals surface area contributed by atoms with Gasteiger partial charge in [0.15, 0.2) is 4.34 Å². The molecule has 2 amide bonds. The van der Waals surface area contributed by atoms with Crippen LogP contribution in [0.15, 0.2) is 28.6 Å². The number of amides is 2. The molecule has 0 radical (unpaired) electrons. The van der Waals surface area contributed by atoms with Crippen LogP contribution in [0.4, 0.5) is 0 Å². The molecular formula is C15H17N3O2S2. The monoisotopic (exact) mass is 335 g/mol. The molecule has 1 saturated heterocycles. The van der Waals surface area contributed by atoms with Crippen LogP contribution in [0.3, 0.4) is 0 Å². The molecule has 2 N–H and O–H groups in total. The molecule has 1 aliphatic heterocycles. The molecule has 0 aliphatic carbocycles. The van der Waals surface area contributed by atoms with Crippen molar-refractivity contribution in [1.82, 2.24) is 9.88 Å². The molecule has 5 nitrogen and oxygen atoms in total. The smallest absolute Gasteiger partial charge is 0.233 e. The topological polar surface area (TPSA) is 76.3 Å². The van der Waals surface area contributed by atoms with Crippen molar-refractivity contribution in [3.8, 4) is 0 Å². The van der Waals surface area contributed by atoms with Crippen molar-refractivity contribution < 1.29 is 9.59 Å². The second-order valence-electron chi connectivity index (χ2n) is 5.32. The number of likely N-dealkylation sites (tertiary alicyclic amines) is 1. The highest BCUT2D eigenvalue weighted by molar-refractivity contribution is 8.01. The van der Waals surface area contributed by atoms with Crippen molar-refractivity contribution in [2.24, 2.45) is 11.7 Å². The van der Waals surface area contributed by atoms with Gasteiger partial charge in [-0.25, -0.2) is 4.98 Å². The van der Waals surface area contributed by atoms with E-state index in [1.54, 1.807) is 16.2 Å². The number of carbonyl (C=O) groups excluding carboxylic acids is 2. The van der Waals surface area contributed by atoms with Gasteiger partial charge in [0, 0.05) is 13.1 Å². The summed E-state index contributed by atoms with van der Waals surface area (Å²) >= 11 is 3.06. The van der Waals surface area contributed by atoms with Crippen molar-refractivity contribution in [3.05, 3.63) is 24.3 Å². The van der Waals surface area contributed by atoms with E-state index < -0.39 is 0 Å². The number of nitrogens with zero attached hydrogens (tertiary/aromatic N) is 2. The molecule has 2 heterocycles. The first-order valence-electron chi connectivity index (χ1n) is 7.19.